The van der Waals surface area contributed by atoms with E-state index in [1.165, 1.54) is 70.5 Å². The molecule has 0 amide bonds. The fourth-order valence-electron chi connectivity index (χ4n) is 2.97. The van der Waals surface area contributed by atoms with Crippen molar-refractivity contribution in [3.63, 3.8) is 0 Å². The zero-order valence-corrected chi connectivity index (χ0v) is 13.0. The maximum absolute atomic E-state index is 5.43. The van der Waals surface area contributed by atoms with E-state index in [2.05, 4.69) is 28.1 Å². The summed E-state index contributed by atoms with van der Waals surface area (Å²) in [5.74, 6) is 1.37. The number of likely N-dealkylation sites (N-methyl/N-ethyl adjacent to an activating group) is 1. The Kier molecular flexibility index (Phi) is 5.95. The minimum absolute atomic E-state index is 0.883. The monoisotopic (exact) mass is 281 g/mol. The molecule has 2 aliphatic heterocycles. The molecule has 1 N–H and O–H groups in total. The van der Waals surface area contributed by atoms with Crippen LogP contribution >= 0.6 is 12.2 Å². The van der Waals surface area contributed by atoms with Crippen LogP contribution in [-0.2, 0) is 0 Å². The van der Waals surface area contributed by atoms with Gasteiger partial charge >= 0.3 is 0 Å². The highest BCUT2D eigenvalue weighted by Crippen LogP contribution is 2.21. The topological polar surface area (TPSA) is 18.5 Å². The predicted molar refractivity (Wildman–Crippen MR) is 85.2 cm³/mol. The molecule has 2 aliphatic rings. The van der Waals surface area contributed by atoms with Crippen molar-refractivity contribution in [2.75, 3.05) is 32.7 Å². The van der Waals surface area contributed by atoms with Gasteiger partial charge < -0.3 is 15.1 Å². The van der Waals surface area contributed by atoms with Gasteiger partial charge in [0.25, 0.3) is 0 Å². The normalized spacial score (nSPS) is 20.1. The van der Waals surface area contributed by atoms with Crippen LogP contribution in [0.2, 0.25) is 0 Å². The summed E-state index contributed by atoms with van der Waals surface area (Å²) in [5.41, 5.74) is 0. The van der Waals surface area contributed by atoms with E-state index < -0.39 is 0 Å². The van der Waals surface area contributed by atoms with Crippen molar-refractivity contribution in [1.82, 2.24) is 15.1 Å². The van der Waals surface area contributed by atoms with Crippen molar-refractivity contribution in [2.45, 2.75) is 45.4 Å². The van der Waals surface area contributed by atoms with Gasteiger partial charge in [-0.3, -0.25) is 0 Å². The Morgan fingerprint density at radius 3 is 1.84 bits per heavy atom. The number of hydrogen-bond donors (Lipinski definition) is 1. The van der Waals surface area contributed by atoms with Crippen LogP contribution in [0.5, 0.6) is 0 Å². The number of thiocarbonyl (C=S) groups is 1. The Labute approximate surface area is 123 Å². The summed E-state index contributed by atoms with van der Waals surface area (Å²) in [5, 5.41) is 3.26. The van der Waals surface area contributed by atoms with Crippen LogP contribution in [0.1, 0.15) is 45.4 Å². The summed E-state index contributed by atoms with van der Waals surface area (Å²) < 4.78 is 0. The zero-order chi connectivity index (χ0) is 13.5. The van der Waals surface area contributed by atoms with E-state index >= 15 is 0 Å². The van der Waals surface area contributed by atoms with E-state index in [9.17, 15) is 0 Å². The number of piperidine rings is 2. The summed E-state index contributed by atoms with van der Waals surface area (Å²) in [7, 11) is 0. The number of rotatable bonds is 4. The maximum atomic E-state index is 5.43. The molecule has 2 rings (SSSR count). The highest BCUT2D eigenvalue weighted by atomic mass is 32.1. The predicted octanol–water partition coefficient (Wildman–Crippen LogP) is 2.74. The van der Waals surface area contributed by atoms with Gasteiger partial charge in [-0.05, 0) is 45.4 Å². The molecule has 2 heterocycles. The smallest absolute Gasteiger partial charge is 0.107 e. The molecule has 108 valence electrons. The molecule has 0 saturated carbocycles. The minimum atomic E-state index is 0.883. The number of likely N-dealkylation sites (tertiary alicyclic amines) is 2. The van der Waals surface area contributed by atoms with Crippen LogP contribution in [0.4, 0.5) is 0 Å². The second kappa shape index (κ2) is 7.73. The first-order valence-corrected chi connectivity index (χ1v) is 8.21. The van der Waals surface area contributed by atoms with Crippen molar-refractivity contribution in [3.05, 3.63) is 11.9 Å². The molecule has 0 aromatic rings. The van der Waals surface area contributed by atoms with E-state index in [1.54, 1.807) is 0 Å². The molecular weight excluding hydrogens is 254 g/mol. The van der Waals surface area contributed by atoms with Crippen LogP contribution in [0, 0.1) is 0 Å². The molecule has 0 radical (unpaired) electrons. The maximum Gasteiger partial charge on any atom is 0.107 e. The quantitative estimate of drug-likeness (QED) is 0.630. The SMILES string of the molecule is CCNC(=S)C=C(N1CCCCC1)N1CCCCC1. The molecule has 3 nitrogen and oxygen atoms in total. The van der Waals surface area contributed by atoms with Gasteiger partial charge in [0, 0.05) is 38.8 Å². The molecule has 0 aromatic heterocycles. The van der Waals surface area contributed by atoms with Crippen LogP contribution < -0.4 is 5.32 Å². The molecule has 0 bridgehead atoms. The Morgan fingerprint density at radius 1 is 0.947 bits per heavy atom. The highest BCUT2D eigenvalue weighted by molar-refractivity contribution is 7.80. The lowest BCUT2D eigenvalue weighted by molar-refractivity contribution is 0.167. The average Bonchev–Trinajstić information content (AvgIpc) is 2.47. The Balaban J connectivity index is 2.08. The van der Waals surface area contributed by atoms with Gasteiger partial charge in [0.15, 0.2) is 0 Å². The van der Waals surface area contributed by atoms with Crippen LogP contribution in [-0.4, -0.2) is 47.5 Å². The first-order chi connectivity index (χ1) is 9.31. The lowest BCUT2D eigenvalue weighted by atomic mass is 10.1. The Morgan fingerprint density at radius 2 is 1.42 bits per heavy atom. The molecule has 0 atom stereocenters. The molecular formula is C15H27N3S. The standard InChI is InChI=1S/C15H27N3S/c1-2-16-14(19)13-15(17-9-5-3-6-10-17)18-11-7-4-8-12-18/h13H,2-12H2,1H3,(H,16,19). The van der Waals surface area contributed by atoms with Crippen molar-refractivity contribution >= 4 is 17.2 Å². The fourth-order valence-corrected chi connectivity index (χ4v) is 3.22. The fraction of sp³-hybridized carbons (Fsp3) is 0.800. The second-order valence-corrected chi connectivity index (χ2v) is 5.93. The van der Waals surface area contributed by atoms with Gasteiger partial charge in [0.1, 0.15) is 10.8 Å². The number of nitrogens with zero attached hydrogens (tertiary/aromatic N) is 2. The molecule has 2 fully saturated rings. The van der Waals surface area contributed by atoms with Gasteiger partial charge in [-0.2, -0.15) is 0 Å². The van der Waals surface area contributed by atoms with E-state index in [-0.39, 0.29) is 0 Å². The van der Waals surface area contributed by atoms with Gasteiger partial charge in [0.2, 0.25) is 0 Å². The van der Waals surface area contributed by atoms with Crippen LogP contribution in [0.25, 0.3) is 0 Å². The second-order valence-electron chi connectivity index (χ2n) is 5.49. The highest BCUT2D eigenvalue weighted by Gasteiger charge is 2.20. The third kappa shape index (κ3) is 4.37. The Bertz CT molecular complexity index is 295. The lowest BCUT2D eigenvalue weighted by Crippen LogP contribution is -2.41. The molecule has 0 spiro atoms. The van der Waals surface area contributed by atoms with Crippen molar-refractivity contribution < 1.29 is 0 Å². The summed E-state index contributed by atoms with van der Waals surface area (Å²) in [6.45, 7) is 7.77. The van der Waals surface area contributed by atoms with Crippen LogP contribution in [0.3, 0.4) is 0 Å². The first kappa shape index (κ1) is 14.6. The molecule has 19 heavy (non-hydrogen) atoms. The molecule has 2 saturated heterocycles. The van der Waals surface area contributed by atoms with Gasteiger partial charge in [-0.25, -0.2) is 0 Å². The zero-order valence-electron chi connectivity index (χ0n) is 12.2. The van der Waals surface area contributed by atoms with Gasteiger partial charge in [-0.15, -0.1) is 0 Å². The molecule has 0 aliphatic carbocycles. The van der Waals surface area contributed by atoms with Gasteiger partial charge in [-0.1, -0.05) is 12.2 Å². The molecule has 0 aromatic carbocycles. The average molecular weight is 281 g/mol. The summed E-state index contributed by atoms with van der Waals surface area (Å²) in [4.78, 5) is 5.96. The Hall–Kier alpha value is -0.770. The number of nitrogens with one attached hydrogen (secondary N) is 1. The van der Waals surface area contributed by atoms with E-state index in [1.807, 2.05) is 0 Å². The molecule has 4 heteroatoms. The third-order valence-corrected chi connectivity index (χ3v) is 4.23. The summed E-state index contributed by atoms with van der Waals surface area (Å²) >= 11 is 5.43. The van der Waals surface area contributed by atoms with Crippen molar-refractivity contribution in [2.24, 2.45) is 0 Å². The minimum Gasteiger partial charge on any atom is -0.376 e. The third-order valence-electron chi connectivity index (χ3n) is 3.97. The largest absolute Gasteiger partial charge is 0.376 e. The van der Waals surface area contributed by atoms with Crippen LogP contribution in [0.15, 0.2) is 11.9 Å². The first-order valence-electron chi connectivity index (χ1n) is 7.80. The summed E-state index contributed by atoms with van der Waals surface area (Å²) in [6, 6.07) is 0. The summed E-state index contributed by atoms with van der Waals surface area (Å²) in [6.07, 6.45) is 10.2. The molecule has 0 unspecified atom stereocenters. The number of hydrogen-bond acceptors (Lipinski definition) is 3. The van der Waals surface area contributed by atoms with E-state index in [0.29, 0.717) is 0 Å². The van der Waals surface area contributed by atoms with Crippen molar-refractivity contribution in [3.8, 4) is 0 Å². The van der Waals surface area contributed by atoms with E-state index in [4.69, 9.17) is 12.2 Å². The van der Waals surface area contributed by atoms with Crippen molar-refractivity contribution in [1.29, 1.82) is 0 Å². The van der Waals surface area contributed by atoms with E-state index in [0.717, 1.165) is 11.5 Å². The lowest BCUT2D eigenvalue weighted by Gasteiger charge is -2.40. The van der Waals surface area contributed by atoms with Gasteiger partial charge in [0.05, 0.1) is 0 Å².